The van der Waals surface area contributed by atoms with Crippen LogP contribution in [-0.4, -0.2) is 48.1 Å². The molecule has 4 rings (SSSR count). The number of ketones is 1. The van der Waals surface area contributed by atoms with Crippen LogP contribution in [0, 0.1) is 3.57 Å². The molecule has 0 radical (unpaired) electrons. The summed E-state index contributed by atoms with van der Waals surface area (Å²) in [6, 6.07) is 15.9. The van der Waals surface area contributed by atoms with E-state index in [1.165, 1.54) is 0 Å². The SMILES string of the molecule is O=C(c1ccc(I)cc1)c1cn(CCN2CCOCC2)c2ccccc12. The highest BCUT2D eigenvalue weighted by atomic mass is 127. The summed E-state index contributed by atoms with van der Waals surface area (Å²) in [6.45, 7) is 5.42. The number of halogens is 1. The molecular formula is C21H21IN2O2. The lowest BCUT2D eigenvalue weighted by atomic mass is 10.0. The number of morpholine rings is 1. The van der Waals surface area contributed by atoms with Crippen LogP contribution in [0.3, 0.4) is 0 Å². The van der Waals surface area contributed by atoms with Crippen molar-refractivity contribution in [2.45, 2.75) is 6.54 Å². The number of ether oxygens (including phenoxy) is 1. The quantitative estimate of drug-likeness (QED) is 0.429. The molecule has 0 amide bonds. The Morgan fingerprint density at radius 1 is 1.00 bits per heavy atom. The number of aromatic nitrogens is 1. The number of hydrogen-bond acceptors (Lipinski definition) is 3. The van der Waals surface area contributed by atoms with Gasteiger partial charge in [0.2, 0.25) is 0 Å². The third-order valence-electron chi connectivity index (χ3n) is 4.90. The summed E-state index contributed by atoms with van der Waals surface area (Å²) in [5.74, 6) is 0.0859. The summed E-state index contributed by atoms with van der Waals surface area (Å²) >= 11 is 2.26. The maximum atomic E-state index is 13.0. The molecule has 5 heteroatoms. The third kappa shape index (κ3) is 3.70. The average Bonchev–Trinajstić information content (AvgIpc) is 3.06. The van der Waals surface area contributed by atoms with E-state index in [1.54, 1.807) is 0 Å². The van der Waals surface area contributed by atoms with E-state index < -0.39 is 0 Å². The van der Waals surface area contributed by atoms with E-state index in [4.69, 9.17) is 4.74 Å². The predicted octanol–water partition coefficient (Wildman–Crippen LogP) is 3.81. The summed E-state index contributed by atoms with van der Waals surface area (Å²) in [6.07, 6.45) is 2.02. The molecule has 1 aromatic heterocycles. The number of carbonyl (C=O) groups is 1. The van der Waals surface area contributed by atoms with Gasteiger partial charge in [0, 0.05) is 58.0 Å². The zero-order valence-corrected chi connectivity index (χ0v) is 16.7. The second-order valence-electron chi connectivity index (χ2n) is 6.54. The van der Waals surface area contributed by atoms with E-state index in [-0.39, 0.29) is 5.78 Å². The molecule has 0 bridgehead atoms. The molecule has 2 heterocycles. The highest BCUT2D eigenvalue weighted by Crippen LogP contribution is 2.24. The van der Waals surface area contributed by atoms with Crippen molar-refractivity contribution in [3.05, 3.63) is 69.4 Å². The average molecular weight is 460 g/mol. The molecule has 26 heavy (non-hydrogen) atoms. The Labute approximate surface area is 166 Å². The van der Waals surface area contributed by atoms with Crippen molar-refractivity contribution in [2.75, 3.05) is 32.8 Å². The number of fused-ring (bicyclic) bond motifs is 1. The van der Waals surface area contributed by atoms with Crippen LogP contribution in [0.15, 0.2) is 54.7 Å². The van der Waals surface area contributed by atoms with Gasteiger partial charge in [-0.3, -0.25) is 9.69 Å². The van der Waals surface area contributed by atoms with Gasteiger partial charge >= 0.3 is 0 Å². The lowest BCUT2D eigenvalue weighted by molar-refractivity contribution is 0.0365. The Balaban J connectivity index is 1.63. The van der Waals surface area contributed by atoms with E-state index in [2.05, 4.69) is 38.1 Å². The van der Waals surface area contributed by atoms with Gasteiger partial charge in [0.15, 0.2) is 5.78 Å². The first-order valence-electron chi connectivity index (χ1n) is 8.90. The zero-order valence-electron chi connectivity index (χ0n) is 14.5. The Hall–Kier alpha value is -1.70. The Bertz CT molecular complexity index is 911. The van der Waals surface area contributed by atoms with E-state index in [0.717, 1.165) is 65.0 Å². The fourth-order valence-electron chi connectivity index (χ4n) is 3.44. The van der Waals surface area contributed by atoms with Gasteiger partial charge in [-0.25, -0.2) is 0 Å². The number of nitrogens with zero attached hydrogens (tertiary/aromatic N) is 2. The summed E-state index contributed by atoms with van der Waals surface area (Å²) in [7, 11) is 0. The minimum Gasteiger partial charge on any atom is -0.379 e. The number of rotatable bonds is 5. The molecule has 0 saturated carbocycles. The van der Waals surface area contributed by atoms with E-state index in [9.17, 15) is 4.79 Å². The maximum Gasteiger partial charge on any atom is 0.195 e. The molecule has 0 spiro atoms. The molecule has 0 unspecified atom stereocenters. The molecule has 0 aliphatic carbocycles. The molecule has 4 nitrogen and oxygen atoms in total. The zero-order chi connectivity index (χ0) is 17.9. The van der Waals surface area contributed by atoms with Crippen molar-refractivity contribution >= 4 is 39.3 Å². The first-order chi connectivity index (χ1) is 12.7. The van der Waals surface area contributed by atoms with Crippen LogP contribution in [0.5, 0.6) is 0 Å². The fraction of sp³-hybridized carbons (Fsp3) is 0.286. The van der Waals surface area contributed by atoms with Crippen LogP contribution < -0.4 is 0 Å². The molecule has 3 aromatic rings. The van der Waals surface area contributed by atoms with Gasteiger partial charge in [-0.15, -0.1) is 0 Å². The summed E-state index contributed by atoms with van der Waals surface area (Å²) in [5.41, 5.74) is 2.64. The van der Waals surface area contributed by atoms with Crippen molar-refractivity contribution in [3.63, 3.8) is 0 Å². The Morgan fingerprint density at radius 3 is 2.50 bits per heavy atom. The van der Waals surface area contributed by atoms with Crippen molar-refractivity contribution in [2.24, 2.45) is 0 Å². The van der Waals surface area contributed by atoms with Crippen LogP contribution >= 0.6 is 22.6 Å². The van der Waals surface area contributed by atoms with Crippen LogP contribution in [-0.2, 0) is 11.3 Å². The lowest BCUT2D eigenvalue weighted by Crippen LogP contribution is -2.38. The van der Waals surface area contributed by atoms with Gasteiger partial charge in [0.1, 0.15) is 0 Å². The molecule has 2 aromatic carbocycles. The van der Waals surface area contributed by atoms with Gasteiger partial charge < -0.3 is 9.30 Å². The predicted molar refractivity (Wildman–Crippen MR) is 112 cm³/mol. The van der Waals surface area contributed by atoms with E-state index >= 15 is 0 Å². The van der Waals surface area contributed by atoms with Crippen molar-refractivity contribution < 1.29 is 9.53 Å². The van der Waals surface area contributed by atoms with Gasteiger partial charge in [0.25, 0.3) is 0 Å². The third-order valence-corrected chi connectivity index (χ3v) is 5.62. The Kier molecular flexibility index (Phi) is 5.38. The first-order valence-corrected chi connectivity index (χ1v) is 9.98. The fourth-order valence-corrected chi connectivity index (χ4v) is 3.80. The number of para-hydroxylation sites is 1. The van der Waals surface area contributed by atoms with Crippen molar-refractivity contribution in [3.8, 4) is 0 Å². The van der Waals surface area contributed by atoms with Gasteiger partial charge in [0.05, 0.1) is 13.2 Å². The normalized spacial score (nSPS) is 15.4. The molecular weight excluding hydrogens is 439 g/mol. The topological polar surface area (TPSA) is 34.5 Å². The molecule has 1 saturated heterocycles. The summed E-state index contributed by atoms with van der Waals surface area (Å²) < 4.78 is 8.77. The molecule has 1 aliphatic heterocycles. The van der Waals surface area contributed by atoms with E-state index in [0.29, 0.717) is 0 Å². The number of carbonyl (C=O) groups excluding carboxylic acids is 1. The van der Waals surface area contributed by atoms with Crippen molar-refractivity contribution in [1.82, 2.24) is 9.47 Å². The molecule has 1 fully saturated rings. The lowest BCUT2D eigenvalue weighted by Gasteiger charge is -2.26. The van der Waals surface area contributed by atoms with Crippen LogP contribution in [0.2, 0.25) is 0 Å². The van der Waals surface area contributed by atoms with Gasteiger partial charge in [-0.2, -0.15) is 0 Å². The molecule has 134 valence electrons. The van der Waals surface area contributed by atoms with Crippen LogP contribution in [0.25, 0.3) is 10.9 Å². The molecule has 1 aliphatic rings. The smallest absolute Gasteiger partial charge is 0.195 e. The largest absolute Gasteiger partial charge is 0.379 e. The second kappa shape index (κ2) is 7.90. The monoisotopic (exact) mass is 460 g/mol. The summed E-state index contributed by atoms with van der Waals surface area (Å²) in [5, 5.41) is 1.03. The number of hydrogen-bond donors (Lipinski definition) is 0. The molecule has 0 atom stereocenters. The standard InChI is InChI=1S/C21H21IN2O2/c22-17-7-5-16(6-8-17)21(25)19-15-24(20-4-2-1-3-18(19)20)10-9-23-11-13-26-14-12-23/h1-8,15H,9-14H2. The van der Waals surface area contributed by atoms with Crippen LogP contribution in [0.4, 0.5) is 0 Å². The van der Waals surface area contributed by atoms with Crippen molar-refractivity contribution in [1.29, 1.82) is 0 Å². The first kappa shape index (κ1) is 17.7. The van der Waals surface area contributed by atoms with Gasteiger partial charge in [-0.1, -0.05) is 18.2 Å². The Morgan fingerprint density at radius 2 is 1.73 bits per heavy atom. The summed E-state index contributed by atoms with van der Waals surface area (Å²) in [4.78, 5) is 15.5. The van der Waals surface area contributed by atoms with E-state index in [1.807, 2.05) is 48.7 Å². The van der Waals surface area contributed by atoms with Gasteiger partial charge in [-0.05, 0) is 52.9 Å². The second-order valence-corrected chi connectivity index (χ2v) is 7.79. The van der Waals surface area contributed by atoms with Crippen LogP contribution in [0.1, 0.15) is 15.9 Å². The highest BCUT2D eigenvalue weighted by Gasteiger charge is 2.17. The minimum atomic E-state index is 0.0859. The maximum absolute atomic E-state index is 13.0. The number of benzene rings is 2. The molecule has 0 N–H and O–H groups in total. The highest BCUT2D eigenvalue weighted by molar-refractivity contribution is 14.1. The minimum absolute atomic E-state index is 0.0859.